The highest BCUT2D eigenvalue weighted by atomic mass is 19.1. The molecule has 0 aromatic heterocycles. The molecule has 0 radical (unpaired) electrons. The van der Waals surface area contributed by atoms with E-state index in [2.05, 4.69) is 11.8 Å². The molecule has 0 amide bonds. The van der Waals surface area contributed by atoms with E-state index >= 15 is 0 Å². The first kappa shape index (κ1) is 14.3. The SMILES string of the molecule is COc1ccc(F)cc1CN1CCC(C)CC1CN. The van der Waals surface area contributed by atoms with Crippen LogP contribution in [-0.4, -0.2) is 31.1 Å². The lowest BCUT2D eigenvalue weighted by Gasteiger charge is -2.38. The van der Waals surface area contributed by atoms with Crippen molar-refractivity contribution in [3.8, 4) is 5.75 Å². The van der Waals surface area contributed by atoms with E-state index in [-0.39, 0.29) is 5.82 Å². The van der Waals surface area contributed by atoms with Crippen LogP contribution < -0.4 is 10.5 Å². The average molecular weight is 266 g/mol. The summed E-state index contributed by atoms with van der Waals surface area (Å²) in [6.45, 7) is 4.64. The molecule has 0 spiro atoms. The monoisotopic (exact) mass is 266 g/mol. The molecule has 0 saturated carbocycles. The molecule has 1 aliphatic heterocycles. The maximum absolute atomic E-state index is 13.4. The summed E-state index contributed by atoms with van der Waals surface area (Å²) in [5.41, 5.74) is 6.76. The van der Waals surface area contributed by atoms with Crippen LogP contribution in [0.15, 0.2) is 18.2 Å². The molecule has 106 valence electrons. The fourth-order valence-electron chi connectivity index (χ4n) is 2.84. The van der Waals surface area contributed by atoms with Crippen LogP contribution in [0.2, 0.25) is 0 Å². The molecule has 4 heteroatoms. The van der Waals surface area contributed by atoms with Crippen LogP contribution in [0.1, 0.15) is 25.3 Å². The van der Waals surface area contributed by atoms with E-state index in [0.717, 1.165) is 30.2 Å². The molecule has 1 fully saturated rings. The summed E-state index contributed by atoms with van der Waals surface area (Å²) >= 11 is 0. The van der Waals surface area contributed by atoms with Gasteiger partial charge in [-0.15, -0.1) is 0 Å². The van der Waals surface area contributed by atoms with Crippen LogP contribution in [0.3, 0.4) is 0 Å². The van der Waals surface area contributed by atoms with Gasteiger partial charge in [0.25, 0.3) is 0 Å². The third-order valence-corrected chi connectivity index (χ3v) is 3.99. The Morgan fingerprint density at radius 3 is 2.95 bits per heavy atom. The molecular formula is C15H23FN2O. The predicted molar refractivity (Wildman–Crippen MR) is 74.6 cm³/mol. The van der Waals surface area contributed by atoms with Gasteiger partial charge in [-0.25, -0.2) is 4.39 Å². The van der Waals surface area contributed by atoms with Crippen molar-refractivity contribution >= 4 is 0 Å². The van der Waals surface area contributed by atoms with Gasteiger partial charge in [-0.2, -0.15) is 0 Å². The van der Waals surface area contributed by atoms with Gasteiger partial charge in [0, 0.05) is 24.7 Å². The van der Waals surface area contributed by atoms with Crippen LogP contribution in [0.4, 0.5) is 4.39 Å². The van der Waals surface area contributed by atoms with Gasteiger partial charge >= 0.3 is 0 Å². The number of halogens is 1. The van der Waals surface area contributed by atoms with Crippen molar-refractivity contribution in [3.05, 3.63) is 29.6 Å². The molecule has 2 unspecified atom stereocenters. The lowest BCUT2D eigenvalue weighted by atomic mass is 9.92. The van der Waals surface area contributed by atoms with E-state index < -0.39 is 0 Å². The van der Waals surface area contributed by atoms with Crippen molar-refractivity contribution in [2.75, 3.05) is 20.2 Å². The van der Waals surface area contributed by atoms with Gasteiger partial charge in [-0.05, 0) is 43.5 Å². The number of rotatable bonds is 4. The van der Waals surface area contributed by atoms with Gasteiger partial charge in [0.1, 0.15) is 11.6 Å². The van der Waals surface area contributed by atoms with E-state index in [1.165, 1.54) is 12.5 Å². The standard InChI is InChI=1S/C15H23FN2O/c1-11-5-6-18(14(7-11)9-17)10-12-8-13(16)3-4-15(12)19-2/h3-4,8,11,14H,5-7,9-10,17H2,1-2H3. The highest BCUT2D eigenvalue weighted by Gasteiger charge is 2.25. The van der Waals surface area contributed by atoms with Crippen LogP contribution in [0, 0.1) is 11.7 Å². The number of likely N-dealkylation sites (tertiary alicyclic amines) is 1. The highest BCUT2D eigenvalue weighted by Crippen LogP contribution is 2.27. The van der Waals surface area contributed by atoms with Gasteiger partial charge < -0.3 is 10.5 Å². The van der Waals surface area contributed by atoms with Gasteiger partial charge in [-0.3, -0.25) is 4.90 Å². The maximum Gasteiger partial charge on any atom is 0.123 e. The van der Waals surface area contributed by atoms with Crippen LogP contribution >= 0.6 is 0 Å². The van der Waals surface area contributed by atoms with Crippen molar-refractivity contribution in [1.29, 1.82) is 0 Å². The smallest absolute Gasteiger partial charge is 0.123 e. The molecule has 3 nitrogen and oxygen atoms in total. The number of ether oxygens (including phenoxy) is 1. The molecule has 0 bridgehead atoms. The number of nitrogens with zero attached hydrogens (tertiary/aromatic N) is 1. The molecule has 2 rings (SSSR count). The first-order valence-corrected chi connectivity index (χ1v) is 6.90. The molecular weight excluding hydrogens is 243 g/mol. The summed E-state index contributed by atoms with van der Waals surface area (Å²) in [6, 6.07) is 5.07. The second kappa shape index (κ2) is 6.35. The van der Waals surface area contributed by atoms with E-state index in [0.29, 0.717) is 19.1 Å². The van der Waals surface area contributed by atoms with Crippen molar-refractivity contribution in [2.24, 2.45) is 11.7 Å². The van der Waals surface area contributed by atoms with E-state index in [4.69, 9.17) is 10.5 Å². The zero-order valence-electron chi connectivity index (χ0n) is 11.7. The molecule has 1 heterocycles. The predicted octanol–water partition coefficient (Wildman–Crippen LogP) is 2.39. The normalized spacial score (nSPS) is 24.4. The summed E-state index contributed by atoms with van der Waals surface area (Å²) in [5, 5.41) is 0. The number of nitrogens with two attached hydrogens (primary N) is 1. The molecule has 1 saturated heterocycles. The van der Waals surface area contributed by atoms with E-state index in [1.807, 2.05) is 0 Å². The maximum atomic E-state index is 13.4. The molecule has 2 N–H and O–H groups in total. The number of benzene rings is 1. The van der Waals surface area contributed by atoms with Gasteiger partial charge in [0.2, 0.25) is 0 Å². The number of piperidine rings is 1. The highest BCUT2D eigenvalue weighted by molar-refractivity contribution is 5.34. The Balaban J connectivity index is 2.13. The van der Waals surface area contributed by atoms with Gasteiger partial charge in [0.15, 0.2) is 0 Å². The summed E-state index contributed by atoms with van der Waals surface area (Å²) in [5.74, 6) is 1.25. The lowest BCUT2D eigenvalue weighted by molar-refractivity contribution is 0.114. The van der Waals surface area contributed by atoms with Crippen LogP contribution in [0.5, 0.6) is 5.75 Å². The molecule has 19 heavy (non-hydrogen) atoms. The van der Waals surface area contributed by atoms with Crippen LogP contribution in [-0.2, 0) is 6.54 Å². The quantitative estimate of drug-likeness (QED) is 0.909. The second-order valence-electron chi connectivity index (χ2n) is 5.45. The topological polar surface area (TPSA) is 38.5 Å². The van der Waals surface area contributed by atoms with Crippen LogP contribution in [0.25, 0.3) is 0 Å². The Morgan fingerprint density at radius 1 is 1.47 bits per heavy atom. The minimum atomic E-state index is -0.217. The Morgan fingerprint density at radius 2 is 2.26 bits per heavy atom. The Bertz CT molecular complexity index is 425. The number of methoxy groups -OCH3 is 1. The number of hydrogen-bond donors (Lipinski definition) is 1. The van der Waals surface area contributed by atoms with Gasteiger partial charge in [0.05, 0.1) is 7.11 Å². The minimum absolute atomic E-state index is 0.217. The van der Waals surface area contributed by atoms with Crippen molar-refractivity contribution in [2.45, 2.75) is 32.4 Å². The zero-order valence-corrected chi connectivity index (χ0v) is 11.7. The second-order valence-corrected chi connectivity index (χ2v) is 5.45. The Hall–Kier alpha value is -1.13. The van der Waals surface area contributed by atoms with E-state index in [9.17, 15) is 4.39 Å². The van der Waals surface area contributed by atoms with Crippen molar-refractivity contribution in [3.63, 3.8) is 0 Å². The molecule has 1 aromatic rings. The summed E-state index contributed by atoms with van der Waals surface area (Å²) in [7, 11) is 1.62. The van der Waals surface area contributed by atoms with Crippen molar-refractivity contribution in [1.82, 2.24) is 4.90 Å². The third kappa shape index (κ3) is 3.45. The first-order chi connectivity index (χ1) is 9.13. The Kier molecular flexibility index (Phi) is 4.77. The minimum Gasteiger partial charge on any atom is -0.496 e. The fraction of sp³-hybridized carbons (Fsp3) is 0.600. The zero-order chi connectivity index (χ0) is 13.8. The largest absolute Gasteiger partial charge is 0.496 e. The average Bonchev–Trinajstić information content (AvgIpc) is 2.41. The van der Waals surface area contributed by atoms with Crippen molar-refractivity contribution < 1.29 is 9.13 Å². The van der Waals surface area contributed by atoms with Gasteiger partial charge in [-0.1, -0.05) is 6.92 Å². The lowest BCUT2D eigenvalue weighted by Crippen LogP contribution is -2.45. The third-order valence-electron chi connectivity index (χ3n) is 3.99. The molecule has 0 aliphatic carbocycles. The fourth-order valence-corrected chi connectivity index (χ4v) is 2.84. The first-order valence-electron chi connectivity index (χ1n) is 6.90. The molecule has 1 aromatic carbocycles. The van der Waals surface area contributed by atoms with E-state index in [1.54, 1.807) is 19.2 Å². The summed E-state index contributed by atoms with van der Waals surface area (Å²) in [4.78, 5) is 2.34. The summed E-state index contributed by atoms with van der Waals surface area (Å²) < 4.78 is 18.7. The molecule has 2 atom stereocenters. The molecule has 1 aliphatic rings. The number of hydrogen-bond acceptors (Lipinski definition) is 3. The summed E-state index contributed by atoms with van der Waals surface area (Å²) in [6.07, 6.45) is 2.29. The Labute approximate surface area is 114 Å².